The SMILES string of the molecule is CS[C@]1(NCCc2ccc(F)cc2)NN=C(c2ccccc2)C(=O)N1. The van der Waals surface area contributed by atoms with Gasteiger partial charge in [0.15, 0.2) is 5.71 Å². The molecule has 3 N–H and O–H groups in total. The largest absolute Gasteiger partial charge is 0.305 e. The lowest BCUT2D eigenvalue weighted by atomic mass is 10.1. The molecule has 0 spiro atoms. The lowest BCUT2D eigenvalue weighted by molar-refractivity contribution is -0.116. The number of thioether (sulfide) groups is 1. The quantitative estimate of drug-likeness (QED) is 0.692. The van der Waals surface area contributed by atoms with Crippen molar-refractivity contribution in [1.82, 2.24) is 16.1 Å². The molecule has 1 aliphatic heterocycles. The van der Waals surface area contributed by atoms with Gasteiger partial charge in [-0.25, -0.2) is 4.39 Å². The van der Waals surface area contributed by atoms with Crippen LogP contribution in [0.5, 0.6) is 0 Å². The number of hydrazone groups is 1. The van der Waals surface area contributed by atoms with Crippen LogP contribution in [0, 0.1) is 5.82 Å². The Labute approximate surface area is 150 Å². The summed E-state index contributed by atoms with van der Waals surface area (Å²) in [5.74, 6) is -0.491. The van der Waals surface area contributed by atoms with Crippen LogP contribution in [-0.2, 0) is 11.2 Å². The van der Waals surface area contributed by atoms with E-state index in [0.717, 1.165) is 11.1 Å². The molecule has 1 atom stereocenters. The second-order valence-corrected chi connectivity index (χ2v) is 6.60. The van der Waals surface area contributed by atoms with E-state index < -0.39 is 5.12 Å². The highest BCUT2D eigenvalue weighted by atomic mass is 32.2. The van der Waals surface area contributed by atoms with Gasteiger partial charge in [-0.15, -0.1) is 0 Å². The fourth-order valence-electron chi connectivity index (χ4n) is 2.51. The first kappa shape index (κ1) is 17.4. The molecule has 130 valence electrons. The van der Waals surface area contributed by atoms with E-state index in [-0.39, 0.29) is 11.7 Å². The van der Waals surface area contributed by atoms with Crippen molar-refractivity contribution in [2.75, 3.05) is 12.8 Å². The van der Waals surface area contributed by atoms with Gasteiger partial charge in [0.05, 0.1) is 0 Å². The highest BCUT2D eigenvalue weighted by molar-refractivity contribution is 7.99. The third-order valence-corrected chi connectivity index (χ3v) is 4.83. The fourth-order valence-corrected chi connectivity index (χ4v) is 3.09. The van der Waals surface area contributed by atoms with Crippen molar-refractivity contribution >= 4 is 23.4 Å². The number of carbonyl (C=O) groups excluding carboxylic acids is 1. The fraction of sp³-hybridized carbons (Fsp3) is 0.222. The maximum atomic E-state index is 12.9. The zero-order valence-electron chi connectivity index (χ0n) is 13.8. The zero-order chi connectivity index (χ0) is 17.7. The molecule has 25 heavy (non-hydrogen) atoms. The molecular formula is C18H19FN4OS. The number of hydrogen-bond donors (Lipinski definition) is 3. The summed E-state index contributed by atoms with van der Waals surface area (Å²) >= 11 is 1.41. The van der Waals surface area contributed by atoms with Crippen LogP contribution < -0.4 is 16.1 Å². The van der Waals surface area contributed by atoms with Crippen molar-refractivity contribution in [2.45, 2.75) is 11.5 Å². The van der Waals surface area contributed by atoms with Crippen molar-refractivity contribution in [1.29, 1.82) is 0 Å². The molecule has 2 aromatic rings. The monoisotopic (exact) mass is 358 g/mol. The number of benzene rings is 2. The lowest BCUT2D eigenvalue weighted by Gasteiger charge is -2.36. The van der Waals surface area contributed by atoms with Gasteiger partial charge >= 0.3 is 0 Å². The molecule has 1 heterocycles. The van der Waals surface area contributed by atoms with Crippen molar-refractivity contribution in [3.05, 3.63) is 71.5 Å². The summed E-state index contributed by atoms with van der Waals surface area (Å²) in [7, 11) is 0. The number of amides is 1. The van der Waals surface area contributed by atoms with Crippen molar-refractivity contribution < 1.29 is 9.18 Å². The molecule has 2 aromatic carbocycles. The van der Waals surface area contributed by atoms with Gasteiger partial charge in [0.2, 0.25) is 5.12 Å². The Hall–Kier alpha value is -2.38. The zero-order valence-corrected chi connectivity index (χ0v) is 14.6. The molecule has 1 aliphatic rings. The van der Waals surface area contributed by atoms with E-state index in [0.29, 0.717) is 18.7 Å². The smallest absolute Gasteiger partial charge is 0.275 e. The van der Waals surface area contributed by atoms with Crippen LogP contribution >= 0.6 is 11.8 Å². The molecule has 0 aliphatic carbocycles. The van der Waals surface area contributed by atoms with Crippen LogP contribution in [0.1, 0.15) is 11.1 Å². The van der Waals surface area contributed by atoms with E-state index in [9.17, 15) is 9.18 Å². The van der Waals surface area contributed by atoms with Gasteiger partial charge < -0.3 is 5.32 Å². The summed E-state index contributed by atoms with van der Waals surface area (Å²) in [6.07, 6.45) is 2.58. The Morgan fingerprint density at radius 2 is 1.88 bits per heavy atom. The van der Waals surface area contributed by atoms with Crippen molar-refractivity contribution in [3.8, 4) is 0 Å². The van der Waals surface area contributed by atoms with Crippen molar-refractivity contribution in [2.24, 2.45) is 5.10 Å². The molecule has 3 rings (SSSR count). The Morgan fingerprint density at radius 3 is 2.52 bits per heavy atom. The van der Waals surface area contributed by atoms with Crippen LogP contribution in [0.25, 0.3) is 0 Å². The van der Waals surface area contributed by atoms with Gasteiger partial charge in [-0.2, -0.15) is 5.10 Å². The third kappa shape index (κ3) is 4.18. The Balaban J connectivity index is 1.65. The number of halogens is 1. The molecular weight excluding hydrogens is 339 g/mol. The standard InChI is InChI=1S/C18H19FN4OS/c1-25-18(20-12-11-13-7-9-15(19)10-8-13)21-17(24)16(22-23-18)14-5-3-2-4-6-14/h2-10,20,23H,11-12H2,1H3,(H,21,24)/t18-/m0/s1. The summed E-state index contributed by atoms with van der Waals surface area (Å²) in [4.78, 5) is 12.5. The summed E-state index contributed by atoms with van der Waals surface area (Å²) in [5.41, 5.74) is 5.13. The Morgan fingerprint density at radius 1 is 1.16 bits per heavy atom. The molecule has 0 unspecified atom stereocenters. The topological polar surface area (TPSA) is 65.5 Å². The van der Waals surface area contributed by atoms with Gasteiger partial charge in [-0.3, -0.25) is 15.5 Å². The highest BCUT2D eigenvalue weighted by Gasteiger charge is 2.35. The summed E-state index contributed by atoms with van der Waals surface area (Å²) < 4.78 is 12.9. The Bertz CT molecular complexity index is 766. The van der Waals surface area contributed by atoms with E-state index >= 15 is 0 Å². The molecule has 0 saturated heterocycles. The first-order valence-corrected chi connectivity index (χ1v) is 9.12. The lowest BCUT2D eigenvalue weighted by Crippen LogP contribution is -2.68. The number of hydrogen-bond acceptors (Lipinski definition) is 5. The van der Waals surface area contributed by atoms with Crippen LogP contribution in [0.15, 0.2) is 59.7 Å². The maximum absolute atomic E-state index is 12.9. The van der Waals surface area contributed by atoms with Crippen LogP contribution in [0.2, 0.25) is 0 Å². The van der Waals surface area contributed by atoms with Gasteiger partial charge in [0, 0.05) is 12.1 Å². The van der Waals surface area contributed by atoms with E-state index in [4.69, 9.17) is 0 Å². The molecule has 0 saturated carbocycles. The van der Waals surface area contributed by atoms with E-state index in [1.165, 1.54) is 23.9 Å². The molecule has 5 nitrogen and oxygen atoms in total. The number of nitrogens with one attached hydrogen (secondary N) is 3. The van der Waals surface area contributed by atoms with Crippen LogP contribution in [0.4, 0.5) is 4.39 Å². The van der Waals surface area contributed by atoms with Crippen LogP contribution in [-0.4, -0.2) is 29.5 Å². The molecule has 0 radical (unpaired) electrons. The molecule has 0 fully saturated rings. The van der Waals surface area contributed by atoms with Gasteiger partial charge in [0.25, 0.3) is 5.91 Å². The van der Waals surface area contributed by atoms with Gasteiger partial charge in [0.1, 0.15) is 5.82 Å². The second-order valence-electron chi connectivity index (χ2n) is 5.58. The minimum absolute atomic E-state index is 0.242. The summed E-state index contributed by atoms with van der Waals surface area (Å²) in [6.45, 7) is 0.593. The number of nitrogens with zero attached hydrogens (tertiary/aromatic N) is 1. The predicted molar refractivity (Wildman–Crippen MR) is 98.6 cm³/mol. The van der Waals surface area contributed by atoms with Crippen molar-refractivity contribution in [3.63, 3.8) is 0 Å². The van der Waals surface area contributed by atoms with E-state index in [1.54, 1.807) is 12.1 Å². The van der Waals surface area contributed by atoms with Gasteiger partial charge in [-0.05, 0) is 30.4 Å². The highest BCUT2D eigenvalue weighted by Crippen LogP contribution is 2.17. The molecule has 1 amide bonds. The molecule has 7 heteroatoms. The normalized spacial score (nSPS) is 19.8. The second kappa shape index (κ2) is 7.67. The first-order valence-electron chi connectivity index (χ1n) is 7.89. The molecule has 0 bridgehead atoms. The first-order chi connectivity index (χ1) is 12.1. The Kier molecular flexibility index (Phi) is 5.35. The van der Waals surface area contributed by atoms with E-state index in [2.05, 4.69) is 21.2 Å². The minimum Gasteiger partial charge on any atom is -0.305 e. The number of rotatable bonds is 6. The van der Waals surface area contributed by atoms with Gasteiger partial charge in [-0.1, -0.05) is 54.2 Å². The average Bonchev–Trinajstić information content (AvgIpc) is 2.64. The minimum atomic E-state index is -0.866. The predicted octanol–water partition coefficient (Wildman–Crippen LogP) is 2.06. The summed E-state index contributed by atoms with van der Waals surface area (Å²) in [6, 6.07) is 15.7. The molecule has 0 aromatic heterocycles. The maximum Gasteiger partial charge on any atom is 0.275 e. The van der Waals surface area contributed by atoms with Crippen LogP contribution in [0.3, 0.4) is 0 Å². The van der Waals surface area contributed by atoms with E-state index in [1.807, 2.05) is 36.6 Å². The third-order valence-electron chi connectivity index (χ3n) is 3.88. The average molecular weight is 358 g/mol. The summed E-state index contributed by atoms with van der Waals surface area (Å²) in [5, 5.41) is 9.60. The number of carbonyl (C=O) groups is 1.